The molecule has 0 atom stereocenters. The summed E-state index contributed by atoms with van der Waals surface area (Å²) in [6, 6.07) is 15.8. The minimum Gasteiger partial charge on any atom is -0.258 e. The molecule has 3 aromatic rings. The Kier molecular flexibility index (Phi) is 3.15. The molecule has 0 amide bonds. The van der Waals surface area contributed by atoms with Gasteiger partial charge in [-0.05, 0) is 28.1 Å². The second-order valence-corrected chi connectivity index (χ2v) is 4.44. The van der Waals surface area contributed by atoms with E-state index in [4.69, 9.17) is 0 Å². The van der Waals surface area contributed by atoms with Gasteiger partial charge in [0.05, 0.1) is 10.0 Å². The molecule has 0 aliphatic heterocycles. The van der Waals surface area contributed by atoms with Crippen molar-refractivity contribution in [1.82, 2.24) is 15.0 Å². The Labute approximate surface area is 120 Å². The highest BCUT2D eigenvalue weighted by molar-refractivity contribution is 5.41. The van der Waals surface area contributed by atoms with Crippen molar-refractivity contribution in [2.24, 2.45) is 0 Å². The number of non-ortho nitro benzene ring substituents is 1. The third-order valence-electron chi connectivity index (χ3n) is 2.92. The van der Waals surface area contributed by atoms with Crippen LogP contribution < -0.4 is 4.80 Å². The van der Waals surface area contributed by atoms with E-state index in [1.165, 1.54) is 16.9 Å². The van der Waals surface area contributed by atoms with Crippen molar-refractivity contribution in [1.29, 1.82) is 0 Å². The lowest BCUT2D eigenvalue weighted by Gasteiger charge is -1.99. The molecule has 0 unspecified atom stereocenters. The van der Waals surface area contributed by atoms with E-state index in [9.17, 15) is 10.1 Å². The van der Waals surface area contributed by atoms with Crippen LogP contribution >= 0.6 is 0 Å². The third-order valence-corrected chi connectivity index (χ3v) is 2.92. The molecule has 0 aliphatic carbocycles. The van der Waals surface area contributed by atoms with E-state index in [0.717, 1.165) is 5.69 Å². The van der Waals surface area contributed by atoms with E-state index in [2.05, 4.69) is 10.2 Å². The molecule has 21 heavy (non-hydrogen) atoms. The van der Waals surface area contributed by atoms with Crippen molar-refractivity contribution in [3.63, 3.8) is 0 Å². The zero-order valence-electron chi connectivity index (χ0n) is 11.2. The zero-order chi connectivity index (χ0) is 14.8. The molecule has 104 valence electrons. The number of benzene rings is 2. The maximum absolute atomic E-state index is 10.9. The largest absolute Gasteiger partial charge is 0.306 e. The van der Waals surface area contributed by atoms with Gasteiger partial charge < -0.3 is 0 Å². The van der Waals surface area contributed by atoms with Crippen molar-refractivity contribution in [2.75, 3.05) is 0 Å². The van der Waals surface area contributed by atoms with Gasteiger partial charge in [0.1, 0.15) is 5.69 Å². The molecule has 7 nitrogen and oxygen atoms in total. The van der Waals surface area contributed by atoms with Gasteiger partial charge in [0.25, 0.3) is 5.69 Å². The highest BCUT2D eigenvalue weighted by Gasteiger charge is 2.20. The molecule has 0 radical (unpaired) electrons. The molecule has 1 aromatic heterocycles. The molecule has 0 N–H and O–H groups in total. The number of nitro groups is 1. The number of tetrazole rings is 1. The summed E-state index contributed by atoms with van der Waals surface area (Å²) in [5.74, 6) is 0.574. The predicted molar refractivity (Wildman–Crippen MR) is 74.3 cm³/mol. The molecule has 3 rings (SSSR count). The van der Waals surface area contributed by atoms with Crippen molar-refractivity contribution in [3.05, 3.63) is 70.5 Å². The number of nitrogens with zero attached hydrogens (tertiary/aromatic N) is 5. The van der Waals surface area contributed by atoms with Crippen LogP contribution in [0.15, 0.2) is 54.6 Å². The topological polar surface area (TPSA) is 77.7 Å². The molecule has 2 aromatic carbocycles. The van der Waals surface area contributed by atoms with Crippen molar-refractivity contribution >= 4 is 5.69 Å². The predicted octanol–water partition coefficient (Wildman–Crippen LogP) is 1.76. The maximum Gasteiger partial charge on any atom is 0.306 e. The quantitative estimate of drug-likeness (QED) is 0.416. The first-order chi connectivity index (χ1) is 10.1. The van der Waals surface area contributed by atoms with Crippen molar-refractivity contribution in [2.45, 2.75) is 6.92 Å². The maximum atomic E-state index is 10.9. The van der Waals surface area contributed by atoms with E-state index in [0.29, 0.717) is 11.5 Å². The minimum absolute atomic E-state index is 0.0141. The van der Waals surface area contributed by atoms with Gasteiger partial charge in [-0.2, -0.15) is 0 Å². The second-order valence-electron chi connectivity index (χ2n) is 4.44. The normalized spacial score (nSPS) is 10.5. The second kappa shape index (κ2) is 5.12. The van der Waals surface area contributed by atoms with Crippen LogP contribution in [0.1, 0.15) is 5.82 Å². The number of hydrogen-bond donors (Lipinski definition) is 0. The van der Waals surface area contributed by atoms with Gasteiger partial charge in [0.2, 0.25) is 0 Å². The van der Waals surface area contributed by atoms with Crippen LogP contribution in [0.5, 0.6) is 0 Å². The minimum atomic E-state index is -0.430. The fourth-order valence-electron chi connectivity index (χ4n) is 2.01. The van der Waals surface area contributed by atoms with Gasteiger partial charge in [-0.1, -0.05) is 24.3 Å². The average molecular weight is 282 g/mol. The van der Waals surface area contributed by atoms with Gasteiger partial charge in [-0.15, -0.1) is 0 Å². The monoisotopic (exact) mass is 282 g/mol. The summed E-state index contributed by atoms with van der Waals surface area (Å²) < 4.78 is 0. The summed E-state index contributed by atoms with van der Waals surface area (Å²) in [5, 5.41) is 19.5. The molecular formula is C14H12N5O2+. The zero-order valence-corrected chi connectivity index (χ0v) is 11.2. The van der Waals surface area contributed by atoms with Crippen LogP contribution in [0.3, 0.4) is 0 Å². The van der Waals surface area contributed by atoms with Crippen LogP contribution in [0.2, 0.25) is 0 Å². The number of aromatic nitrogens is 4. The first-order valence-corrected chi connectivity index (χ1v) is 6.32. The SMILES string of the molecule is Cc1nn(-c2cccc([N+](=O)[O-])c2)[n+](-c2ccccc2)n1. The third kappa shape index (κ3) is 2.48. The van der Waals surface area contributed by atoms with Gasteiger partial charge in [-0.25, -0.2) is 0 Å². The average Bonchev–Trinajstić information content (AvgIpc) is 2.90. The van der Waals surface area contributed by atoms with Gasteiger partial charge in [-0.3, -0.25) is 10.1 Å². The first-order valence-electron chi connectivity index (χ1n) is 6.32. The fraction of sp³-hybridized carbons (Fsp3) is 0.0714. The summed E-state index contributed by atoms with van der Waals surface area (Å²) in [4.78, 5) is 13.6. The summed E-state index contributed by atoms with van der Waals surface area (Å²) >= 11 is 0. The number of nitro benzene ring substituents is 1. The lowest BCUT2D eigenvalue weighted by molar-refractivity contribution is -0.735. The Hall–Kier alpha value is -3.09. The first kappa shape index (κ1) is 12.9. The highest BCUT2D eigenvalue weighted by atomic mass is 16.6. The summed E-state index contributed by atoms with van der Waals surface area (Å²) in [6.07, 6.45) is 0. The Bertz CT molecular complexity index is 798. The molecule has 0 aliphatic rings. The van der Waals surface area contributed by atoms with Gasteiger partial charge >= 0.3 is 5.82 Å². The molecule has 0 saturated heterocycles. The van der Waals surface area contributed by atoms with E-state index >= 15 is 0 Å². The molecule has 0 fully saturated rings. The Balaban J connectivity index is 2.15. The molecule has 1 heterocycles. The smallest absolute Gasteiger partial charge is 0.258 e. The lowest BCUT2D eigenvalue weighted by Crippen LogP contribution is -2.43. The van der Waals surface area contributed by atoms with Crippen molar-refractivity contribution < 1.29 is 9.72 Å². The van der Waals surface area contributed by atoms with E-state index < -0.39 is 4.92 Å². The Morgan fingerprint density at radius 1 is 1.14 bits per heavy atom. The molecule has 0 spiro atoms. The van der Waals surface area contributed by atoms with Gasteiger partial charge in [0, 0.05) is 23.9 Å². The van der Waals surface area contributed by atoms with Crippen LogP contribution in [0.25, 0.3) is 11.4 Å². The Morgan fingerprint density at radius 3 is 2.62 bits per heavy atom. The van der Waals surface area contributed by atoms with Crippen LogP contribution in [0.4, 0.5) is 5.69 Å². The molecular weight excluding hydrogens is 270 g/mol. The summed E-state index contributed by atoms with van der Waals surface area (Å²) in [6.45, 7) is 1.77. The number of para-hydroxylation sites is 1. The van der Waals surface area contributed by atoms with E-state index in [-0.39, 0.29) is 5.69 Å². The van der Waals surface area contributed by atoms with Crippen molar-refractivity contribution in [3.8, 4) is 11.4 Å². The highest BCUT2D eigenvalue weighted by Crippen LogP contribution is 2.15. The Morgan fingerprint density at radius 2 is 1.90 bits per heavy atom. The fourth-order valence-corrected chi connectivity index (χ4v) is 2.01. The molecule has 0 bridgehead atoms. The molecule has 7 heteroatoms. The van der Waals surface area contributed by atoms with Crippen LogP contribution in [-0.4, -0.2) is 19.9 Å². The number of hydrogen-bond acceptors (Lipinski definition) is 4. The lowest BCUT2D eigenvalue weighted by atomic mass is 10.3. The van der Waals surface area contributed by atoms with Gasteiger partial charge in [0.15, 0.2) is 5.69 Å². The summed E-state index contributed by atoms with van der Waals surface area (Å²) in [7, 11) is 0. The molecule has 0 saturated carbocycles. The number of aryl methyl sites for hydroxylation is 1. The van der Waals surface area contributed by atoms with Crippen LogP contribution in [0, 0.1) is 17.0 Å². The van der Waals surface area contributed by atoms with Crippen LogP contribution in [-0.2, 0) is 0 Å². The number of rotatable bonds is 3. The van der Waals surface area contributed by atoms with E-state index in [1.54, 1.807) is 23.9 Å². The van der Waals surface area contributed by atoms with E-state index in [1.807, 2.05) is 30.3 Å². The standard InChI is InChI=1S/C14H12N5O2/c1-11-15-17(12-6-3-2-4-7-12)18(16-11)13-8-5-9-14(10-13)19(20)21/h2-10H,1H3/q+1. The summed E-state index contributed by atoms with van der Waals surface area (Å²) in [5.41, 5.74) is 1.42.